The van der Waals surface area contributed by atoms with Gasteiger partial charge in [-0.3, -0.25) is 4.99 Å². The quantitative estimate of drug-likeness (QED) is 0.317. The molecule has 172 valence electrons. The van der Waals surface area contributed by atoms with E-state index in [4.69, 9.17) is 0 Å². The summed E-state index contributed by atoms with van der Waals surface area (Å²) < 4.78 is 61.4. The van der Waals surface area contributed by atoms with Crippen molar-refractivity contribution in [2.75, 3.05) is 33.2 Å². The molecule has 1 unspecified atom stereocenters. The Hall–Kier alpha value is -1.08. The molecule has 1 aromatic rings. The lowest BCUT2D eigenvalue weighted by molar-refractivity contribution is -0.0496. The molecule has 6 nitrogen and oxygen atoms in total. The van der Waals surface area contributed by atoms with E-state index in [1.165, 1.54) is 11.1 Å². The molecule has 1 fully saturated rings. The third kappa shape index (κ3) is 7.26. The summed E-state index contributed by atoms with van der Waals surface area (Å²) in [4.78, 5) is 4.18. The van der Waals surface area contributed by atoms with Gasteiger partial charge in [0.1, 0.15) is 0 Å². The lowest BCUT2D eigenvalue weighted by Crippen LogP contribution is -2.47. The monoisotopic (exact) mass is 562 g/mol. The molecule has 1 saturated heterocycles. The second-order valence-electron chi connectivity index (χ2n) is 7.44. The molecule has 1 aliphatic rings. The van der Waals surface area contributed by atoms with Crippen molar-refractivity contribution in [1.82, 2.24) is 14.9 Å². The lowest BCUT2D eigenvalue weighted by atomic mass is 9.98. The zero-order valence-electron chi connectivity index (χ0n) is 17.4. The Bertz CT molecular complexity index is 810. The number of hydrogen-bond donors (Lipinski definition) is 2. The molecule has 2 rings (SSSR count). The third-order valence-corrected chi connectivity index (χ3v) is 6.80. The van der Waals surface area contributed by atoms with Gasteiger partial charge < -0.3 is 10.6 Å². The molecule has 1 aliphatic heterocycles. The van der Waals surface area contributed by atoms with Gasteiger partial charge in [0, 0.05) is 33.2 Å². The first-order chi connectivity index (χ1) is 13.5. The minimum Gasteiger partial charge on any atom is -0.356 e. The van der Waals surface area contributed by atoms with Crippen LogP contribution in [0.4, 0.5) is 13.2 Å². The van der Waals surface area contributed by atoms with E-state index in [1.807, 2.05) is 6.07 Å². The Kier molecular flexibility index (Phi) is 10.3. The number of benzene rings is 1. The molecule has 1 heterocycles. The van der Waals surface area contributed by atoms with Gasteiger partial charge in [-0.2, -0.15) is 17.5 Å². The topological polar surface area (TPSA) is 73.8 Å². The van der Waals surface area contributed by atoms with Gasteiger partial charge in [0.25, 0.3) is 0 Å². The van der Waals surface area contributed by atoms with Gasteiger partial charge in [-0.25, -0.2) is 8.42 Å². The van der Waals surface area contributed by atoms with Gasteiger partial charge >= 0.3 is 15.5 Å². The van der Waals surface area contributed by atoms with E-state index in [0.29, 0.717) is 36.2 Å². The highest BCUT2D eigenvalue weighted by molar-refractivity contribution is 14.0. The van der Waals surface area contributed by atoms with Gasteiger partial charge in [0.15, 0.2) is 5.96 Å². The van der Waals surface area contributed by atoms with Crippen LogP contribution in [0.15, 0.2) is 29.3 Å². The van der Waals surface area contributed by atoms with Crippen LogP contribution in [0.25, 0.3) is 0 Å². The largest absolute Gasteiger partial charge is 0.511 e. The summed E-state index contributed by atoms with van der Waals surface area (Å²) >= 11 is 0. The van der Waals surface area contributed by atoms with Crippen LogP contribution >= 0.6 is 24.0 Å². The van der Waals surface area contributed by atoms with Crippen molar-refractivity contribution in [1.29, 1.82) is 0 Å². The molecule has 0 bridgehead atoms. The molecule has 0 spiro atoms. The predicted octanol–water partition coefficient (Wildman–Crippen LogP) is 3.44. The van der Waals surface area contributed by atoms with Crippen LogP contribution in [0.2, 0.25) is 0 Å². The van der Waals surface area contributed by atoms with Crippen molar-refractivity contribution in [3.8, 4) is 0 Å². The molecular weight excluding hydrogens is 532 g/mol. The van der Waals surface area contributed by atoms with Crippen LogP contribution in [-0.4, -0.2) is 57.4 Å². The molecule has 0 saturated carbocycles. The van der Waals surface area contributed by atoms with Crippen molar-refractivity contribution in [2.45, 2.75) is 38.1 Å². The van der Waals surface area contributed by atoms with Crippen molar-refractivity contribution >= 4 is 40.0 Å². The van der Waals surface area contributed by atoms with Crippen molar-refractivity contribution < 1.29 is 21.6 Å². The number of piperidine rings is 1. The fraction of sp³-hybridized carbons (Fsp3) is 0.632. The second kappa shape index (κ2) is 11.5. The molecule has 0 aliphatic carbocycles. The Labute approximate surface area is 193 Å². The zero-order valence-corrected chi connectivity index (χ0v) is 20.5. The zero-order chi connectivity index (χ0) is 21.7. The number of rotatable bonds is 6. The van der Waals surface area contributed by atoms with Gasteiger partial charge in [0.2, 0.25) is 0 Å². The summed E-state index contributed by atoms with van der Waals surface area (Å²) in [5.74, 6) is 0.988. The molecule has 0 amide bonds. The van der Waals surface area contributed by atoms with Crippen LogP contribution < -0.4 is 10.6 Å². The van der Waals surface area contributed by atoms with E-state index >= 15 is 0 Å². The number of aryl methyl sites for hydroxylation is 1. The fourth-order valence-electron chi connectivity index (χ4n) is 3.31. The summed E-state index contributed by atoms with van der Waals surface area (Å²) in [5.41, 5.74) is -2.81. The van der Waals surface area contributed by atoms with Crippen molar-refractivity contribution in [3.05, 3.63) is 35.4 Å². The Morgan fingerprint density at radius 2 is 1.90 bits per heavy atom. The Balaban J connectivity index is 0.00000450. The van der Waals surface area contributed by atoms with E-state index in [0.717, 1.165) is 0 Å². The summed E-state index contributed by atoms with van der Waals surface area (Å²) in [5, 5.41) is 6.45. The highest BCUT2D eigenvalue weighted by Gasteiger charge is 2.50. The van der Waals surface area contributed by atoms with Crippen LogP contribution in [-0.2, 0) is 10.0 Å². The number of alkyl halides is 3. The van der Waals surface area contributed by atoms with Gasteiger partial charge in [-0.05, 0) is 37.2 Å². The second-order valence-corrected chi connectivity index (χ2v) is 9.37. The smallest absolute Gasteiger partial charge is 0.356 e. The maximum Gasteiger partial charge on any atom is 0.511 e. The van der Waals surface area contributed by atoms with E-state index < -0.39 is 15.5 Å². The normalized spacial score (nSPS) is 17.9. The van der Waals surface area contributed by atoms with Crippen molar-refractivity contribution in [3.63, 3.8) is 0 Å². The van der Waals surface area contributed by atoms with E-state index in [2.05, 4.69) is 47.7 Å². The average molecular weight is 562 g/mol. The van der Waals surface area contributed by atoms with Gasteiger partial charge in [-0.15, -0.1) is 24.0 Å². The molecule has 0 aromatic heterocycles. The molecule has 2 N–H and O–H groups in total. The van der Waals surface area contributed by atoms with Crippen LogP contribution in [0.1, 0.15) is 36.8 Å². The van der Waals surface area contributed by atoms with Crippen molar-refractivity contribution in [2.24, 2.45) is 10.9 Å². The summed E-state index contributed by atoms with van der Waals surface area (Å²) in [6, 6.07) is 8.30. The number of sulfonamides is 1. The maximum atomic E-state index is 12.6. The number of aliphatic imine (C=N–C) groups is 1. The van der Waals surface area contributed by atoms with E-state index in [9.17, 15) is 21.6 Å². The number of nitrogens with one attached hydrogen (secondary N) is 2. The molecule has 1 atom stereocenters. The Morgan fingerprint density at radius 3 is 2.43 bits per heavy atom. The van der Waals surface area contributed by atoms with Gasteiger partial charge in [-0.1, -0.05) is 36.8 Å². The van der Waals surface area contributed by atoms with Crippen LogP contribution in [0.5, 0.6) is 0 Å². The lowest BCUT2D eigenvalue weighted by Gasteiger charge is -2.31. The first kappa shape index (κ1) is 27.0. The minimum absolute atomic E-state index is 0. The standard InChI is InChI=1S/C19H29F3N4O2S.HI/c1-14-5-4-6-17(11-14)15(2)12-24-18(23-3)25-13-16-7-9-26(10-8-16)29(27,28)19(20,21)22;/h4-6,11,15-16H,7-10,12-13H2,1-3H3,(H2,23,24,25);1H. The van der Waals surface area contributed by atoms with Crippen LogP contribution in [0.3, 0.4) is 0 Å². The molecule has 1 aromatic carbocycles. The first-order valence-electron chi connectivity index (χ1n) is 9.62. The SMILES string of the molecule is CN=C(NCC1CCN(S(=O)(=O)C(F)(F)F)CC1)NCC(C)c1cccc(C)c1.I. The number of hydrogen-bond acceptors (Lipinski definition) is 3. The third-order valence-electron chi connectivity index (χ3n) is 5.17. The minimum atomic E-state index is -5.24. The average Bonchev–Trinajstić information content (AvgIpc) is 2.67. The predicted molar refractivity (Wildman–Crippen MR) is 124 cm³/mol. The summed E-state index contributed by atoms with van der Waals surface area (Å²) in [6.45, 7) is 5.14. The first-order valence-corrected chi connectivity index (χ1v) is 11.1. The highest BCUT2D eigenvalue weighted by Crippen LogP contribution is 2.30. The molecule has 30 heavy (non-hydrogen) atoms. The van der Waals surface area contributed by atoms with Gasteiger partial charge in [0.05, 0.1) is 0 Å². The summed E-state index contributed by atoms with van der Waals surface area (Å²) in [6.07, 6.45) is 0.748. The Morgan fingerprint density at radius 1 is 1.27 bits per heavy atom. The van der Waals surface area contributed by atoms with E-state index in [-0.39, 0.29) is 48.9 Å². The maximum absolute atomic E-state index is 12.6. The van der Waals surface area contributed by atoms with Crippen LogP contribution in [0, 0.1) is 12.8 Å². The number of nitrogens with zero attached hydrogens (tertiary/aromatic N) is 2. The number of guanidine groups is 1. The summed E-state index contributed by atoms with van der Waals surface area (Å²) in [7, 11) is -3.57. The fourth-order valence-corrected chi connectivity index (χ4v) is 4.29. The molecular formula is C19H30F3IN4O2S. The van der Waals surface area contributed by atoms with E-state index in [1.54, 1.807) is 7.05 Å². The molecule has 0 radical (unpaired) electrons. The number of halogens is 4. The molecule has 11 heteroatoms. The highest BCUT2D eigenvalue weighted by atomic mass is 127.